The minimum Gasteiger partial charge on any atom is -0.207 e. The Kier molecular flexibility index (Phi) is 4.66. The molecule has 2 rings (SSSR count). The second kappa shape index (κ2) is 5.92. The molecule has 1 saturated heterocycles. The predicted molar refractivity (Wildman–Crippen MR) is 78.9 cm³/mol. The highest BCUT2D eigenvalue weighted by Gasteiger charge is 2.31. The third-order valence-corrected chi connectivity index (χ3v) is 6.43. The smallest absolute Gasteiger partial charge is 0.207 e. The zero-order chi connectivity index (χ0) is 14.0. The molecule has 0 bridgehead atoms. The van der Waals surface area contributed by atoms with Crippen LogP contribution < -0.4 is 0 Å². The average molecular weight is 408 g/mol. The van der Waals surface area contributed by atoms with Crippen molar-refractivity contribution in [3.63, 3.8) is 0 Å². The molecule has 7 heteroatoms. The van der Waals surface area contributed by atoms with Gasteiger partial charge in [0.05, 0.1) is 16.9 Å². The van der Waals surface area contributed by atoms with E-state index in [1.54, 1.807) is 18.2 Å². The van der Waals surface area contributed by atoms with Crippen LogP contribution in [0.25, 0.3) is 0 Å². The summed E-state index contributed by atoms with van der Waals surface area (Å²) in [6.07, 6.45) is 1.49. The van der Waals surface area contributed by atoms with Gasteiger partial charge in [-0.1, -0.05) is 15.9 Å². The molecule has 1 heterocycles. The van der Waals surface area contributed by atoms with E-state index in [2.05, 4.69) is 37.9 Å². The molecule has 1 fully saturated rings. The number of nitrogens with zero attached hydrogens (tertiary/aromatic N) is 2. The first-order valence-corrected chi connectivity index (χ1v) is 8.82. The molecule has 1 aliphatic rings. The van der Waals surface area contributed by atoms with E-state index >= 15 is 0 Å². The Morgan fingerprint density at radius 3 is 2.79 bits per heavy atom. The third-order valence-electron chi connectivity index (χ3n) is 3.08. The van der Waals surface area contributed by atoms with Crippen molar-refractivity contribution in [1.29, 1.82) is 5.26 Å². The summed E-state index contributed by atoms with van der Waals surface area (Å²) in [5, 5.41) is 8.96. The van der Waals surface area contributed by atoms with E-state index in [0.29, 0.717) is 15.5 Å². The SMILES string of the molecule is N#CC1CCCN(S(=O)(=O)c2cc(Br)ccc2Br)C1. The van der Waals surface area contributed by atoms with Crippen molar-refractivity contribution in [2.75, 3.05) is 13.1 Å². The topological polar surface area (TPSA) is 61.2 Å². The molecular weight excluding hydrogens is 396 g/mol. The van der Waals surface area contributed by atoms with Crippen molar-refractivity contribution in [2.24, 2.45) is 5.92 Å². The molecule has 0 spiro atoms. The van der Waals surface area contributed by atoms with Gasteiger partial charge in [-0.15, -0.1) is 0 Å². The van der Waals surface area contributed by atoms with Crippen LogP contribution >= 0.6 is 31.9 Å². The molecule has 0 N–H and O–H groups in total. The van der Waals surface area contributed by atoms with Gasteiger partial charge in [0, 0.05) is 22.0 Å². The molecule has 1 atom stereocenters. The van der Waals surface area contributed by atoms with Crippen molar-refractivity contribution in [1.82, 2.24) is 4.31 Å². The number of nitriles is 1. The van der Waals surface area contributed by atoms with Crippen molar-refractivity contribution < 1.29 is 8.42 Å². The summed E-state index contributed by atoms with van der Waals surface area (Å²) >= 11 is 6.56. The van der Waals surface area contributed by atoms with Crippen LogP contribution in [0.1, 0.15) is 12.8 Å². The van der Waals surface area contributed by atoms with Crippen LogP contribution in [0.5, 0.6) is 0 Å². The molecular formula is C12H12Br2N2O2S. The number of hydrogen-bond acceptors (Lipinski definition) is 3. The molecule has 19 heavy (non-hydrogen) atoms. The van der Waals surface area contributed by atoms with Crippen molar-refractivity contribution in [3.8, 4) is 6.07 Å². The first-order valence-electron chi connectivity index (χ1n) is 5.80. The molecule has 1 aromatic carbocycles. The van der Waals surface area contributed by atoms with Crippen LogP contribution in [0, 0.1) is 17.2 Å². The maximum Gasteiger partial charge on any atom is 0.244 e. The highest BCUT2D eigenvalue weighted by Crippen LogP contribution is 2.30. The fourth-order valence-corrected chi connectivity index (χ4v) is 5.07. The molecule has 1 aliphatic heterocycles. The quantitative estimate of drug-likeness (QED) is 0.756. The Bertz CT molecular complexity index is 625. The van der Waals surface area contributed by atoms with Crippen molar-refractivity contribution in [3.05, 3.63) is 27.1 Å². The number of halogens is 2. The number of rotatable bonds is 2. The normalized spacial score (nSPS) is 21.0. The molecule has 0 aliphatic carbocycles. The number of hydrogen-bond donors (Lipinski definition) is 0. The Balaban J connectivity index is 2.37. The molecule has 0 aromatic heterocycles. The number of piperidine rings is 1. The van der Waals surface area contributed by atoms with Crippen LogP contribution in [0.15, 0.2) is 32.0 Å². The summed E-state index contributed by atoms with van der Waals surface area (Å²) in [5.74, 6) is -0.213. The second-order valence-corrected chi connectivity index (χ2v) is 8.08. The first-order chi connectivity index (χ1) is 8.95. The highest BCUT2D eigenvalue weighted by molar-refractivity contribution is 9.11. The van der Waals surface area contributed by atoms with Gasteiger partial charge in [-0.3, -0.25) is 0 Å². The van der Waals surface area contributed by atoms with Gasteiger partial charge in [-0.25, -0.2) is 8.42 Å². The van der Waals surface area contributed by atoms with Crippen molar-refractivity contribution in [2.45, 2.75) is 17.7 Å². The summed E-state index contributed by atoms with van der Waals surface area (Å²) in [6, 6.07) is 7.21. The Morgan fingerprint density at radius 1 is 1.37 bits per heavy atom. The summed E-state index contributed by atoms with van der Waals surface area (Å²) in [5.41, 5.74) is 0. The van der Waals surface area contributed by atoms with Crippen LogP contribution in [0.3, 0.4) is 0 Å². The van der Waals surface area contributed by atoms with Crippen molar-refractivity contribution >= 4 is 41.9 Å². The zero-order valence-corrected chi connectivity index (χ0v) is 14.0. The Hall–Kier alpha value is -0.420. The standard InChI is InChI=1S/C12H12Br2N2O2S/c13-10-3-4-11(14)12(6-10)19(17,18)16-5-1-2-9(7-15)8-16/h3-4,6,9H,1-2,5,8H2. The van der Waals surface area contributed by atoms with E-state index in [1.807, 2.05) is 0 Å². The monoisotopic (exact) mass is 406 g/mol. The highest BCUT2D eigenvalue weighted by atomic mass is 79.9. The van der Waals surface area contributed by atoms with Gasteiger partial charge in [0.1, 0.15) is 0 Å². The van der Waals surface area contributed by atoms with E-state index in [9.17, 15) is 8.42 Å². The lowest BCUT2D eigenvalue weighted by atomic mass is 10.0. The fourth-order valence-electron chi connectivity index (χ4n) is 2.08. The number of benzene rings is 1. The molecule has 0 amide bonds. The molecule has 1 unspecified atom stereocenters. The van der Waals surface area contributed by atoms with Crippen LogP contribution in [0.2, 0.25) is 0 Å². The molecule has 0 radical (unpaired) electrons. The second-order valence-electron chi connectivity index (χ2n) is 4.41. The zero-order valence-electron chi connectivity index (χ0n) is 10.0. The van der Waals surface area contributed by atoms with Gasteiger partial charge in [-0.2, -0.15) is 9.57 Å². The summed E-state index contributed by atoms with van der Waals surface area (Å²) < 4.78 is 27.8. The molecule has 0 saturated carbocycles. The lowest BCUT2D eigenvalue weighted by Crippen LogP contribution is -2.39. The third kappa shape index (κ3) is 3.19. The molecule has 4 nitrogen and oxygen atoms in total. The van der Waals surface area contributed by atoms with Gasteiger partial charge in [0.2, 0.25) is 10.0 Å². The number of sulfonamides is 1. The minimum atomic E-state index is -3.55. The lowest BCUT2D eigenvalue weighted by molar-refractivity contribution is 0.305. The van der Waals surface area contributed by atoms with Gasteiger partial charge in [0.25, 0.3) is 0 Å². The summed E-state index contributed by atoms with van der Waals surface area (Å²) in [4.78, 5) is 0.237. The van der Waals surface area contributed by atoms with Gasteiger partial charge >= 0.3 is 0 Å². The maximum atomic E-state index is 12.6. The largest absolute Gasteiger partial charge is 0.244 e. The van der Waals surface area contributed by atoms with Gasteiger partial charge in [0.15, 0.2) is 0 Å². The summed E-state index contributed by atoms with van der Waals surface area (Å²) in [7, 11) is -3.55. The van der Waals surface area contributed by atoms with Crippen LogP contribution in [-0.4, -0.2) is 25.8 Å². The Morgan fingerprint density at radius 2 is 2.11 bits per heavy atom. The molecule has 1 aromatic rings. The first kappa shape index (κ1) is 15.0. The van der Waals surface area contributed by atoms with Crippen LogP contribution in [-0.2, 0) is 10.0 Å². The van der Waals surface area contributed by atoms with Gasteiger partial charge < -0.3 is 0 Å². The Labute approximate surface area is 129 Å². The predicted octanol–water partition coefficient (Wildman–Crippen LogP) is 3.14. The summed E-state index contributed by atoms with van der Waals surface area (Å²) in [6.45, 7) is 0.747. The van der Waals surface area contributed by atoms with E-state index < -0.39 is 10.0 Å². The fraction of sp³-hybridized carbons (Fsp3) is 0.417. The minimum absolute atomic E-state index is 0.213. The average Bonchev–Trinajstić information content (AvgIpc) is 2.41. The lowest BCUT2D eigenvalue weighted by Gasteiger charge is -2.29. The van der Waals surface area contributed by atoms with E-state index in [0.717, 1.165) is 12.8 Å². The van der Waals surface area contributed by atoms with Gasteiger partial charge in [-0.05, 0) is 47.0 Å². The maximum absolute atomic E-state index is 12.6. The van der Waals surface area contributed by atoms with E-state index in [4.69, 9.17) is 5.26 Å². The van der Waals surface area contributed by atoms with E-state index in [-0.39, 0.29) is 17.4 Å². The van der Waals surface area contributed by atoms with Crippen LogP contribution in [0.4, 0.5) is 0 Å². The molecule has 102 valence electrons. The van der Waals surface area contributed by atoms with E-state index in [1.165, 1.54) is 4.31 Å².